The van der Waals surface area contributed by atoms with Crippen molar-refractivity contribution in [3.63, 3.8) is 0 Å². The van der Waals surface area contributed by atoms with Crippen molar-refractivity contribution in [2.24, 2.45) is 0 Å². The number of rotatable bonds is 4. The van der Waals surface area contributed by atoms with Crippen LogP contribution in [0.4, 0.5) is 0 Å². The summed E-state index contributed by atoms with van der Waals surface area (Å²) < 4.78 is 18.9. The van der Waals surface area contributed by atoms with E-state index in [1.807, 2.05) is 0 Å². The fourth-order valence-electron chi connectivity index (χ4n) is 4.01. The van der Waals surface area contributed by atoms with Crippen molar-refractivity contribution in [1.29, 1.82) is 0 Å². The predicted octanol–water partition coefficient (Wildman–Crippen LogP) is -9.65. The number of hydrogen-bond acceptors (Lipinski definition) is 21. The van der Waals surface area contributed by atoms with Gasteiger partial charge in [0.15, 0.2) is 12.6 Å². The first-order chi connectivity index (χ1) is 21.5. The van der Waals surface area contributed by atoms with Gasteiger partial charge in [0.25, 0.3) is 0 Å². The van der Waals surface area contributed by atoms with Gasteiger partial charge in [0, 0.05) is 529 Å². The molecule has 4 aliphatic rings. The van der Waals surface area contributed by atoms with Crippen LogP contribution in [0.1, 0.15) is 0 Å². The number of halogens is 1. The van der Waals surface area contributed by atoms with E-state index in [0.29, 0.717) is 0 Å². The Balaban J connectivity index is -0.0000000456. The maximum absolute atomic E-state index is 9.21. The zero-order valence-corrected chi connectivity index (χ0v) is 89.4. The van der Waals surface area contributed by atoms with Crippen LogP contribution < -0.4 is 0 Å². The van der Waals surface area contributed by atoms with Gasteiger partial charge in [-0.2, -0.15) is 0 Å². The van der Waals surface area contributed by atoms with Crippen molar-refractivity contribution in [2.45, 2.75) is 109 Å². The number of ether oxygens (including phenoxy) is 4. The zero-order chi connectivity index (χ0) is 35.5. The van der Waals surface area contributed by atoms with Crippen LogP contribution in [0.25, 0.3) is 0 Å². The maximum atomic E-state index is 9.21. The fourth-order valence-corrected chi connectivity index (χ4v) is 4.60. The molecule has 3 fully saturated rings. The second-order valence-electron chi connectivity index (χ2n) is 10.3. The van der Waals surface area contributed by atoms with Gasteiger partial charge in [-0.05, 0) is 6.08 Å². The third-order valence-corrected chi connectivity index (χ3v) is 7.77. The van der Waals surface area contributed by atoms with Crippen LogP contribution in [0.5, 0.6) is 0 Å². The summed E-state index contributed by atoms with van der Waals surface area (Å²) in [5.41, 5.74) is 0. The molecule has 18 atom stereocenters. The molecule has 0 bridgehead atoms. The van der Waals surface area contributed by atoms with Crippen molar-refractivity contribution in [1.82, 2.24) is 0 Å². The summed E-state index contributed by atoms with van der Waals surface area (Å²) in [5, 5.41) is 151. The van der Waals surface area contributed by atoms with Crippen LogP contribution in [0, 0.1) is 529 Å². The van der Waals surface area contributed by atoms with Crippen molar-refractivity contribution in [2.75, 3.05) is 26.4 Å². The van der Waals surface area contributed by atoms with Crippen molar-refractivity contribution >= 4 is 15.9 Å². The van der Waals surface area contributed by atoms with Gasteiger partial charge in [-0.1, -0.05) is 15.9 Å². The Morgan fingerprint density at radius 2 is 0.621 bits per heavy atom. The van der Waals surface area contributed by atoms with E-state index in [0.717, 1.165) is 0 Å². The molecular weight excluding hydrogens is 3430 g/mol. The minimum atomic E-state index is -1.57. The molecular formula is C24H45Ac12BrO21. The van der Waals surface area contributed by atoms with E-state index in [2.05, 4.69) is 25.4 Å². The summed E-state index contributed by atoms with van der Waals surface area (Å²) in [5.74, 6) is 0. The van der Waals surface area contributed by atoms with Gasteiger partial charge >= 0.3 is 0 Å². The molecule has 4 aliphatic heterocycles. The molecule has 0 amide bonds. The van der Waals surface area contributed by atoms with Crippen LogP contribution in [-0.4, -0.2) is 222 Å². The van der Waals surface area contributed by atoms with E-state index in [4.69, 9.17) is 86.1 Å². The molecule has 0 aliphatic carbocycles. The molecule has 0 aromatic carbocycles. The Hall–Kier alpha value is 16.5. The molecule has 12 radical (unpaired) electrons. The summed E-state index contributed by atoms with van der Waals surface area (Å²) in [6.45, 7) is -1.74. The summed E-state index contributed by atoms with van der Waals surface area (Å²) >= 11 is 2.95. The molecule has 3 saturated heterocycles. The minimum absolute atomic E-state index is 0. The quantitative estimate of drug-likeness (QED) is 0.116. The Morgan fingerprint density at radius 1 is 0.345 bits per heavy atom. The van der Waals surface area contributed by atoms with Crippen LogP contribution in [0.2, 0.25) is 0 Å². The van der Waals surface area contributed by atoms with E-state index in [9.17, 15) is 10.2 Å². The second-order valence-corrected chi connectivity index (χ2v) is 11.2. The number of alkyl halides is 1. The van der Waals surface area contributed by atoms with Crippen LogP contribution in [0.3, 0.4) is 0 Å². The smallest absolute Gasteiger partial charge is 0.184 e. The van der Waals surface area contributed by atoms with Gasteiger partial charge in [-0.3, -0.25) is 0 Å². The molecule has 4 heterocycles. The molecule has 34 heteroatoms. The molecule has 18 unspecified atom stereocenters. The monoisotopic (exact) mass is 3470 g/mol. The molecule has 0 spiro atoms. The number of aliphatic hydroxyl groups is 17. The van der Waals surface area contributed by atoms with Gasteiger partial charge < -0.3 is 106 Å². The molecule has 21 nitrogen and oxygen atoms in total. The van der Waals surface area contributed by atoms with Crippen molar-refractivity contribution in [3.05, 3.63) is 12.3 Å². The first-order valence-corrected chi connectivity index (χ1v) is 14.6. The van der Waals surface area contributed by atoms with Gasteiger partial charge in [-0.15, -0.1) is 0 Å². The van der Waals surface area contributed by atoms with Gasteiger partial charge in [0.05, 0.1) is 32.7 Å². The summed E-state index contributed by atoms with van der Waals surface area (Å²) in [4.78, 5) is 0. The number of aliphatic hydroxyl groups excluding tert-OH is 17. The first-order valence-electron chi connectivity index (χ1n) is 13.7. The topological polar surface area (TPSA) is 381 Å². The largest absolute Gasteiger partial charge is 0.493 e. The molecule has 0 aromatic heterocycles. The SMILES string of the molecule is OCC1OC(Br)C(O)C(O)C1O.OCC1OC(O)C(O)C(O)C1O.OCC1OC(O)C(O)C(O)C1O.OCC1OC=CC(O)C1O.[Ac].[Ac].[Ac].[Ac].[Ac].[Ac].[Ac].[Ac].[Ac].[Ac].[Ac].[Ac]. The average molecular weight is 3470 g/mol. The molecule has 4 rings (SSSR count). The molecule has 310 valence electrons. The Kier molecular flexibility index (Phi) is 106. The molecule has 17 N–H and O–H groups in total. The third-order valence-electron chi connectivity index (χ3n) is 7.01. The Labute approximate surface area is 774 Å². The minimum Gasteiger partial charge on any atom is -0.493 e. The zero-order valence-electron chi connectivity index (χ0n) is 30.9. The standard InChI is InChI=1S/C6H11BrO5.2C6H12O6.C6H10O4.12Ac/c7-6-5(11)4(10)3(9)2(1-8)12-6;2*7-1-2-3(8)4(9)5(10)6(11)12-2;7-3-5-6(9)4(8)1-2-10-5;;;;;;;;;;;;/h2-6,8-11H,1H2;2*2-11H,1H2;1-2,4-9H,3H2;;;;;;;;;;;;. The van der Waals surface area contributed by atoms with Crippen LogP contribution in [-0.2, 0) is 18.9 Å². The average Bonchev–Trinajstić information content (AvgIpc) is 3.05. The van der Waals surface area contributed by atoms with Gasteiger partial charge in [-0.25, -0.2) is 0 Å². The second kappa shape index (κ2) is 59.6. The molecule has 0 aromatic rings. The Bertz CT molecular complexity index is 808. The number of hydrogen-bond donors (Lipinski definition) is 17. The van der Waals surface area contributed by atoms with E-state index in [1.165, 1.54) is 12.3 Å². The van der Waals surface area contributed by atoms with Crippen molar-refractivity contribution in [3.8, 4) is 0 Å². The van der Waals surface area contributed by atoms with Gasteiger partial charge in [0.2, 0.25) is 0 Å². The van der Waals surface area contributed by atoms with E-state index in [-0.39, 0.29) is 535 Å². The summed E-state index contributed by atoms with van der Waals surface area (Å²) in [6.07, 6.45) is -18.7. The maximum Gasteiger partial charge on any atom is 0.184 e. The Morgan fingerprint density at radius 3 is 0.897 bits per heavy atom. The van der Waals surface area contributed by atoms with Gasteiger partial charge in [0.1, 0.15) is 96.6 Å². The van der Waals surface area contributed by atoms with E-state index < -0.39 is 129 Å². The van der Waals surface area contributed by atoms with E-state index >= 15 is 0 Å². The molecule has 0 saturated carbocycles. The first kappa shape index (κ1) is 103. The predicted molar refractivity (Wildman–Crippen MR) is 148 cm³/mol. The normalized spacial score (nSPS) is 37.3. The summed E-state index contributed by atoms with van der Waals surface area (Å²) in [7, 11) is 0. The summed E-state index contributed by atoms with van der Waals surface area (Å²) in [6, 6.07) is 0. The molecule has 58 heavy (non-hydrogen) atoms. The van der Waals surface area contributed by atoms with Crippen molar-refractivity contribution < 1.29 is 635 Å². The third kappa shape index (κ3) is 38.2. The van der Waals surface area contributed by atoms with Crippen LogP contribution >= 0.6 is 15.9 Å². The van der Waals surface area contributed by atoms with Crippen LogP contribution in [0.15, 0.2) is 12.3 Å². The fraction of sp³-hybridized carbons (Fsp3) is 0.917. The van der Waals surface area contributed by atoms with E-state index in [1.54, 1.807) is 0 Å².